The molecule has 2 atom stereocenters. The number of aromatic carboxylic acids is 2. The molecule has 7 rings (SSSR count). The first kappa shape index (κ1) is 49.2. The molecule has 0 aliphatic heterocycles. The molecule has 2 aliphatic carbocycles. The fourth-order valence-corrected chi connectivity index (χ4v) is 11.6. The summed E-state index contributed by atoms with van der Waals surface area (Å²) < 4.78 is 78.0. The summed E-state index contributed by atoms with van der Waals surface area (Å²) in [6.45, 7) is 4.98. The van der Waals surface area contributed by atoms with Gasteiger partial charge in [0.05, 0.1) is 27.3 Å². The van der Waals surface area contributed by atoms with Crippen LogP contribution in [0.2, 0.25) is 10.0 Å². The summed E-state index contributed by atoms with van der Waals surface area (Å²) in [5.41, 5.74) is -0.112. The van der Waals surface area contributed by atoms with Crippen LogP contribution in [0.4, 0.5) is 11.4 Å². The predicted octanol–water partition coefficient (Wildman–Crippen LogP) is 8.64. The topological polar surface area (TPSA) is 241 Å². The number of benzene rings is 5. The predicted molar refractivity (Wildman–Crippen MR) is 247 cm³/mol. The highest BCUT2D eigenvalue weighted by atomic mass is 35.5. The van der Waals surface area contributed by atoms with Gasteiger partial charge in [-0.25, -0.2) is 26.4 Å². The van der Waals surface area contributed by atoms with E-state index in [1.54, 1.807) is 60.7 Å². The number of halogens is 2. The smallest absolute Gasteiger partial charge is 0.335 e. The molecule has 2 unspecified atom stereocenters. The van der Waals surface area contributed by atoms with Crippen LogP contribution >= 0.6 is 23.2 Å². The maximum absolute atomic E-state index is 12.9. The number of carboxylic acid groups (broad SMARTS) is 2. The number of carboxylic acids is 2. The van der Waals surface area contributed by atoms with Gasteiger partial charge in [0.25, 0.3) is 10.0 Å². The van der Waals surface area contributed by atoms with Gasteiger partial charge >= 0.3 is 11.9 Å². The summed E-state index contributed by atoms with van der Waals surface area (Å²) in [6.07, 6.45) is 2.01. The molecule has 16 nitrogen and oxygen atoms in total. The molecule has 5 aromatic carbocycles. The van der Waals surface area contributed by atoms with Crippen LogP contribution in [0, 0.1) is 16.7 Å². The number of sulfonamides is 2. The van der Waals surface area contributed by atoms with Gasteiger partial charge in [-0.2, -0.15) is 0 Å². The molecule has 350 valence electrons. The van der Waals surface area contributed by atoms with E-state index in [2.05, 4.69) is 9.44 Å². The Balaban J connectivity index is 0.000000219. The number of fused-ring (bicyclic) bond motifs is 2. The fraction of sp³-hybridized carbons (Fsp3) is 0.283. The molecule has 0 radical (unpaired) electrons. The van der Waals surface area contributed by atoms with Crippen molar-refractivity contribution >= 4 is 72.3 Å². The first-order chi connectivity index (χ1) is 31.2. The molecule has 5 aromatic rings. The van der Waals surface area contributed by atoms with Crippen molar-refractivity contribution in [2.75, 3.05) is 41.6 Å². The van der Waals surface area contributed by atoms with Crippen LogP contribution in [0.3, 0.4) is 0 Å². The second kappa shape index (κ2) is 20.5. The van der Waals surface area contributed by atoms with Crippen LogP contribution in [0.15, 0.2) is 114 Å². The van der Waals surface area contributed by atoms with Crippen molar-refractivity contribution in [1.82, 2.24) is 0 Å². The van der Waals surface area contributed by atoms with Gasteiger partial charge in [-0.15, -0.1) is 0 Å². The molecule has 2 bridgehead atoms. The minimum Gasteiger partial charge on any atom is -0.505 e. The average molecular weight is 986 g/mol. The van der Waals surface area contributed by atoms with E-state index in [4.69, 9.17) is 52.4 Å². The molecule has 0 spiro atoms. The minimum absolute atomic E-state index is 0.0666. The first-order valence-electron chi connectivity index (χ1n) is 20.3. The number of carbonyl (C=O) groups is 3. The third-order valence-corrected chi connectivity index (χ3v) is 14.9. The number of phenolic OH excluding ortho intramolecular Hbond substituents is 1. The van der Waals surface area contributed by atoms with Crippen LogP contribution < -0.4 is 28.4 Å². The van der Waals surface area contributed by atoms with Crippen LogP contribution in [0.25, 0.3) is 0 Å². The summed E-state index contributed by atoms with van der Waals surface area (Å²) in [6, 6.07) is 27.1. The molecule has 2 fully saturated rings. The van der Waals surface area contributed by atoms with E-state index in [1.165, 1.54) is 42.5 Å². The number of hydrogen-bond acceptors (Lipinski definition) is 12. The number of anilines is 2. The number of hydrogen-bond donors (Lipinski definition) is 5. The lowest BCUT2D eigenvalue weighted by molar-refractivity contribution is -0.128. The van der Waals surface area contributed by atoms with Gasteiger partial charge in [0.1, 0.15) is 60.1 Å². The maximum atomic E-state index is 12.9. The number of nitrogens with one attached hydrogen (secondary N) is 2. The van der Waals surface area contributed by atoms with E-state index in [0.717, 1.165) is 12.5 Å². The third-order valence-electron chi connectivity index (χ3n) is 11.5. The van der Waals surface area contributed by atoms with Crippen LogP contribution in [-0.4, -0.2) is 82.1 Å². The third kappa shape index (κ3) is 12.0. The highest BCUT2D eigenvalue weighted by molar-refractivity contribution is 7.93. The van der Waals surface area contributed by atoms with E-state index in [0.29, 0.717) is 41.5 Å². The number of ketones is 1. The fourth-order valence-electron chi connectivity index (χ4n) is 7.87. The van der Waals surface area contributed by atoms with Gasteiger partial charge < -0.3 is 34.3 Å². The zero-order valence-corrected chi connectivity index (χ0v) is 38.7. The van der Waals surface area contributed by atoms with Gasteiger partial charge in [-0.1, -0.05) is 37.0 Å². The lowest BCUT2D eigenvalue weighted by Crippen LogP contribution is -2.43. The highest BCUT2D eigenvalue weighted by Crippen LogP contribution is 2.64. The lowest BCUT2D eigenvalue weighted by atomic mass is 9.70. The molecule has 20 heteroatoms. The maximum Gasteiger partial charge on any atom is 0.335 e. The molecule has 0 amide bonds. The Labute approximate surface area is 391 Å². The zero-order chi connectivity index (χ0) is 47.9. The van der Waals surface area contributed by atoms with Crippen molar-refractivity contribution in [1.29, 1.82) is 0 Å². The van der Waals surface area contributed by atoms with E-state index in [-0.39, 0.29) is 76.2 Å². The van der Waals surface area contributed by atoms with Crippen molar-refractivity contribution in [3.63, 3.8) is 0 Å². The Kier molecular flexibility index (Phi) is 15.3. The van der Waals surface area contributed by atoms with Crippen LogP contribution in [-0.2, 0) is 24.8 Å². The SMILES string of the molecule is CC1(C)C2CCC1(CS(=O)(=O)Nc1ccc(OCCOc3ccc(C(=O)O)cc3)cc1)C(=O)C2.O=C(O)c1ccc(OCCOc2ccc(NS(=O)(=O)c3cc(Cl)cc(Cl)c3O)cc2)cc1. The Hall–Kier alpha value is -6.21. The number of aromatic hydroxyl groups is 1. The molecule has 0 aromatic heterocycles. The van der Waals surface area contributed by atoms with E-state index >= 15 is 0 Å². The largest absolute Gasteiger partial charge is 0.505 e. The normalized spacial score (nSPS) is 17.2. The molecule has 2 aliphatic rings. The summed E-state index contributed by atoms with van der Waals surface area (Å²) in [4.78, 5) is 33.9. The number of carbonyl (C=O) groups excluding carboxylic acids is 1. The van der Waals surface area contributed by atoms with Gasteiger partial charge in [-0.05, 0) is 133 Å². The first-order valence-corrected chi connectivity index (χ1v) is 24.2. The summed E-state index contributed by atoms with van der Waals surface area (Å²) in [5.74, 6) is -0.386. The van der Waals surface area contributed by atoms with E-state index < -0.39 is 48.0 Å². The molecule has 2 saturated carbocycles. The minimum atomic E-state index is -4.13. The Morgan fingerprint density at radius 3 is 1.45 bits per heavy atom. The van der Waals surface area contributed by atoms with Gasteiger partial charge in [0, 0.05) is 22.8 Å². The average Bonchev–Trinajstić information content (AvgIpc) is 3.61. The summed E-state index contributed by atoms with van der Waals surface area (Å²) >= 11 is 11.6. The Morgan fingerprint density at radius 2 is 1.08 bits per heavy atom. The van der Waals surface area contributed by atoms with Crippen molar-refractivity contribution in [2.24, 2.45) is 16.7 Å². The molecule has 0 heterocycles. The number of rotatable bonds is 19. The monoisotopic (exact) mass is 984 g/mol. The van der Waals surface area contributed by atoms with Gasteiger partial charge in [0.15, 0.2) is 5.75 Å². The van der Waals surface area contributed by atoms with Crippen molar-refractivity contribution in [2.45, 2.75) is 38.0 Å². The van der Waals surface area contributed by atoms with E-state index in [1.807, 2.05) is 13.8 Å². The molecular weight excluding hydrogens is 940 g/mol. The van der Waals surface area contributed by atoms with Gasteiger partial charge in [0.2, 0.25) is 10.0 Å². The second-order valence-corrected chi connectivity index (χ2v) is 20.2. The highest BCUT2D eigenvalue weighted by Gasteiger charge is 2.65. The Morgan fingerprint density at radius 1 is 0.667 bits per heavy atom. The molecular formula is C46H46Cl2N2O14S2. The van der Waals surface area contributed by atoms with E-state index in [9.17, 15) is 36.3 Å². The molecule has 66 heavy (non-hydrogen) atoms. The zero-order valence-electron chi connectivity index (χ0n) is 35.5. The van der Waals surface area contributed by atoms with Crippen LogP contribution in [0.1, 0.15) is 53.8 Å². The molecule has 5 N–H and O–H groups in total. The van der Waals surface area contributed by atoms with Crippen molar-refractivity contribution in [3.05, 3.63) is 130 Å². The standard InChI is InChI=1S/C25H29NO7S.C21H17Cl2NO7S/c1-24(2)18-11-12-25(24,22(27)15-18)16-34(30,31)26-19-5-9-21(10-6-19)33-14-13-32-20-7-3-17(4-8-20)23(28)29;22-14-11-18(23)20(25)19(12-14)32(28,29)24-15-3-7-17(8-4-15)31-10-9-30-16-5-1-13(2-6-16)21(26)27/h3-10,18,26H,11-16H2,1-2H3,(H,28,29);1-8,11-12,24-25H,9-10H2,(H,26,27). The Bertz CT molecular complexity index is 2770. The lowest BCUT2D eigenvalue weighted by Gasteiger charge is -2.36. The number of ether oxygens (including phenoxy) is 4. The van der Waals surface area contributed by atoms with Crippen molar-refractivity contribution in [3.8, 4) is 28.7 Å². The number of phenols is 1. The summed E-state index contributed by atoms with van der Waals surface area (Å²) in [7, 11) is -7.84. The van der Waals surface area contributed by atoms with Crippen molar-refractivity contribution < 1.29 is 65.5 Å². The quantitative estimate of drug-likeness (QED) is 0.0487. The van der Waals surface area contributed by atoms with Gasteiger partial charge in [-0.3, -0.25) is 14.2 Å². The second-order valence-electron chi connectivity index (χ2n) is 16.0. The number of Topliss-reactive ketones (excluding diaryl/α,β-unsaturated/α-hetero) is 1. The van der Waals surface area contributed by atoms with Crippen LogP contribution in [0.5, 0.6) is 28.7 Å². The summed E-state index contributed by atoms with van der Waals surface area (Å²) in [5, 5.41) is 27.6. The molecule has 0 saturated heterocycles.